The second-order valence-electron chi connectivity index (χ2n) is 7.55. The fourth-order valence-electron chi connectivity index (χ4n) is 2.56. The van der Waals surface area contributed by atoms with Gasteiger partial charge in [0.25, 0.3) is 0 Å². The van der Waals surface area contributed by atoms with E-state index in [-0.39, 0.29) is 12.5 Å². The molecule has 0 fully saturated rings. The number of ether oxygens (including phenoxy) is 1. The summed E-state index contributed by atoms with van der Waals surface area (Å²) in [5.41, 5.74) is 2.98. The Morgan fingerprint density at radius 1 is 1.07 bits per heavy atom. The molecule has 2 amide bonds. The van der Waals surface area contributed by atoms with Crippen molar-refractivity contribution in [3.8, 4) is 11.1 Å². The molecule has 0 saturated carbocycles. The van der Waals surface area contributed by atoms with Gasteiger partial charge in [0, 0.05) is 19.2 Å². The van der Waals surface area contributed by atoms with Crippen molar-refractivity contribution >= 4 is 18.3 Å². The van der Waals surface area contributed by atoms with E-state index in [0.717, 1.165) is 23.0 Å². The van der Waals surface area contributed by atoms with E-state index >= 15 is 0 Å². The predicted molar refractivity (Wildman–Crippen MR) is 108 cm³/mol. The lowest BCUT2D eigenvalue weighted by Gasteiger charge is -2.21. The maximum absolute atomic E-state index is 12.3. The lowest BCUT2D eigenvalue weighted by atomic mass is 10.0. The van der Waals surface area contributed by atoms with Crippen molar-refractivity contribution in [1.29, 1.82) is 0 Å². The molecule has 0 bridgehead atoms. The first kappa shape index (κ1) is 21.2. The van der Waals surface area contributed by atoms with Crippen LogP contribution in [0.4, 0.5) is 4.79 Å². The van der Waals surface area contributed by atoms with Crippen LogP contribution in [0.15, 0.2) is 48.5 Å². The minimum Gasteiger partial charge on any atom is -0.444 e. The fraction of sp³-hybridized carbons (Fsp3) is 0.318. The van der Waals surface area contributed by atoms with Crippen molar-refractivity contribution < 1.29 is 19.1 Å². The summed E-state index contributed by atoms with van der Waals surface area (Å²) < 4.78 is 5.12. The minimum absolute atomic E-state index is 0.127. The number of rotatable bonds is 6. The molecule has 0 heterocycles. The Hall–Kier alpha value is -3.15. The summed E-state index contributed by atoms with van der Waals surface area (Å²) in [4.78, 5) is 36.3. The van der Waals surface area contributed by atoms with Crippen molar-refractivity contribution in [2.45, 2.75) is 32.9 Å². The van der Waals surface area contributed by atoms with Crippen LogP contribution >= 0.6 is 0 Å². The van der Waals surface area contributed by atoms with Gasteiger partial charge < -0.3 is 15.0 Å². The molecular weight excluding hydrogens is 356 g/mol. The number of hydrogen-bond acceptors (Lipinski definition) is 4. The molecule has 6 heteroatoms. The monoisotopic (exact) mass is 382 g/mol. The number of aldehydes is 1. The van der Waals surface area contributed by atoms with Gasteiger partial charge in [0.1, 0.15) is 18.4 Å². The molecule has 0 saturated heterocycles. The van der Waals surface area contributed by atoms with Gasteiger partial charge in [-0.1, -0.05) is 42.5 Å². The highest BCUT2D eigenvalue weighted by Crippen LogP contribution is 2.21. The van der Waals surface area contributed by atoms with Crippen molar-refractivity contribution in [1.82, 2.24) is 10.2 Å². The smallest absolute Gasteiger partial charge is 0.408 e. The van der Waals surface area contributed by atoms with Gasteiger partial charge in [-0.25, -0.2) is 4.79 Å². The van der Waals surface area contributed by atoms with Crippen LogP contribution in [-0.4, -0.2) is 42.4 Å². The van der Waals surface area contributed by atoms with Crippen molar-refractivity contribution in [3.05, 3.63) is 59.7 Å². The van der Waals surface area contributed by atoms with Crippen LogP contribution in [-0.2, 0) is 16.1 Å². The molecule has 6 nitrogen and oxygen atoms in total. The zero-order valence-electron chi connectivity index (χ0n) is 16.7. The molecule has 2 aromatic carbocycles. The minimum atomic E-state index is -0.616. The standard InChI is InChI=1S/C22H26N2O4/c1-22(2,3)28-21(27)23-13-20(26)24(4)14-17-6-5-7-19(12-17)18-10-8-16(15-25)9-11-18/h5-12,15H,13-14H2,1-4H3,(H,23,27). The number of likely N-dealkylation sites (N-methyl/N-ethyl adjacent to an activating group) is 1. The number of alkyl carbamates (subject to hydrolysis) is 1. The number of amides is 2. The third kappa shape index (κ3) is 6.54. The highest BCUT2D eigenvalue weighted by atomic mass is 16.6. The molecule has 0 atom stereocenters. The molecule has 0 unspecified atom stereocenters. The van der Waals surface area contributed by atoms with Crippen LogP contribution in [0.5, 0.6) is 0 Å². The number of nitrogens with one attached hydrogen (secondary N) is 1. The van der Waals surface area contributed by atoms with Gasteiger partial charge in [-0.15, -0.1) is 0 Å². The molecular formula is C22H26N2O4. The van der Waals surface area contributed by atoms with E-state index in [1.54, 1.807) is 44.9 Å². The van der Waals surface area contributed by atoms with Gasteiger partial charge in [-0.3, -0.25) is 9.59 Å². The number of benzene rings is 2. The summed E-state index contributed by atoms with van der Waals surface area (Å²) in [6.45, 7) is 5.58. The summed E-state index contributed by atoms with van der Waals surface area (Å²) in [5, 5.41) is 2.47. The molecule has 0 spiro atoms. The largest absolute Gasteiger partial charge is 0.444 e. The summed E-state index contributed by atoms with van der Waals surface area (Å²) in [7, 11) is 1.69. The van der Waals surface area contributed by atoms with Crippen LogP contribution < -0.4 is 5.32 Å². The van der Waals surface area contributed by atoms with Crippen LogP contribution in [0.1, 0.15) is 36.7 Å². The first-order chi connectivity index (χ1) is 13.2. The Morgan fingerprint density at radius 2 is 1.75 bits per heavy atom. The molecule has 0 aliphatic rings. The zero-order valence-corrected chi connectivity index (χ0v) is 16.7. The van der Waals surface area contributed by atoms with E-state index in [0.29, 0.717) is 12.1 Å². The van der Waals surface area contributed by atoms with E-state index in [1.165, 1.54) is 0 Å². The van der Waals surface area contributed by atoms with Gasteiger partial charge in [0.2, 0.25) is 5.91 Å². The molecule has 1 N–H and O–H groups in total. The average molecular weight is 382 g/mol. The molecule has 2 aromatic rings. The van der Waals surface area contributed by atoms with Gasteiger partial charge in [0.15, 0.2) is 0 Å². The van der Waals surface area contributed by atoms with Crippen molar-refractivity contribution in [2.75, 3.05) is 13.6 Å². The Balaban J connectivity index is 1.96. The van der Waals surface area contributed by atoms with Crippen molar-refractivity contribution in [2.24, 2.45) is 0 Å². The lowest BCUT2D eigenvalue weighted by molar-refractivity contribution is -0.129. The molecule has 0 aliphatic carbocycles. The van der Waals surface area contributed by atoms with E-state index in [2.05, 4.69) is 5.32 Å². The molecule has 148 valence electrons. The average Bonchev–Trinajstić information content (AvgIpc) is 2.65. The maximum Gasteiger partial charge on any atom is 0.408 e. The first-order valence-corrected chi connectivity index (χ1v) is 9.03. The summed E-state index contributed by atoms with van der Waals surface area (Å²) in [6, 6.07) is 15.2. The first-order valence-electron chi connectivity index (χ1n) is 9.03. The fourth-order valence-corrected chi connectivity index (χ4v) is 2.56. The van der Waals surface area contributed by atoms with Crippen molar-refractivity contribution in [3.63, 3.8) is 0 Å². The highest BCUT2D eigenvalue weighted by molar-refractivity contribution is 5.82. The van der Waals surface area contributed by atoms with Gasteiger partial charge in [-0.2, -0.15) is 0 Å². The zero-order chi connectivity index (χ0) is 20.7. The summed E-state index contributed by atoms with van der Waals surface area (Å²) >= 11 is 0. The van der Waals surface area contributed by atoms with Gasteiger partial charge in [-0.05, 0) is 43.5 Å². The number of carbonyl (C=O) groups is 3. The number of hydrogen-bond donors (Lipinski definition) is 1. The molecule has 2 rings (SSSR count). The lowest BCUT2D eigenvalue weighted by Crippen LogP contribution is -2.40. The molecule has 0 aromatic heterocycles. The van der Waals surface area contributed by atoms with Gasteiger partial charge in [0.05, 0.1) is 0 Å². The highest BCUT2D eigenvalue weighted by Gasteiger charge is 2.17. The van der Waals surface area contributed by atoms with Crippen LogP contribution in [0, 0.1) is 0 Å². The van der Waals surface area contributed by atoms with E-state index in [4.69, 9.17) is 4.74 Å². The quantitative estimate of drug-likeness (QED) is 0.774. The molecule has 0 radical (unpaired) electrons. The summed E-state index contributed by atoms with van der Waals surface area (Å²) in [5.74, 6) is -0.216. The Kier molecular flexibility index (Phi) is 6.93. The van der Waals surface area contributed by atoms with E-state index < -0.39 is 11.7 Å². The molecule has 28 heavy (non-hydrogen) atoms. The Bertz CT molecular complexity index is 838. The third-order valence-corrected chi connectivity index (χ3v) is 3.94. The van der Waals surface area contributed by atoms with E-state index in [9.17, 15) is 14.4 Å². The topological polar surface area (TPSA) is 75.7 Å². The predicted octanol–water partition coefficient (Wildman–Crippen LogP) is 3.65. The summed E-state index contributed by atoms with van der Waals surface area (Å²) in [6.07, 6.45) is 0.196. The second kappa shape index (κ2) is 9.17. The SMILES string of the molecule is CN(Cc1cccc(-c2ccc(C=O)cc2)c1)C(=O)CNC(=O)OC(C)(C)C. The normalized spacial score (nSPS) is 10.9. The van der Waals surface area contributed by atoms with Crippen LogP contribution in [0.2, 0.25) is 0 Å². The third-order valence-electron chi connectivity index (χ3n) is 3.94. The Morgan fingerprint density at radius 3 is 2.36 bits per heavy atom. The number of carbonyl (C=O) groups excluding carboxylic acids is 3. The van der Waals surface area contributed by atoms with E-state index in [1.807, 2.05) is 36.4 Å². The Labute approximate surface area is 165 Å². The number of nitrogens with zero attached hydrogens (tertiary/aromatic N) is 1. The second-order valence-corrected chi connectivity index (χ2v) is 7.55. The molecule has 0 aliphatic heterocycles. The van der Waals surface area contributed by atoms with Crippen LogP contribution in [0.25, 0.3) is 11.1 Å². The van der Waals surface area contributed by atoms with Crippen LogP contribution in [0.3, 0.4) is 0 Å². The van der Waals surface area contributed by atoms with Gasteiger partial charge >= 0.3 is 6.09 Å². The maximum atomic E-state index is 12.3.